The third-order valence-corrected chi connectivity index (χ3v) is 4.74. The lowest BCUT2D eigenvalue weighted by Gasteiger charge is -2.10. The molecule has 30 heavy (non-hydrogen) atoms. The van der Waals surface area contributed by atoms with E-state index in [9.17, 15) is 9.59 Å². The molecule has 1 aliphatic heterocycles. The van der Waals surface area contributed by atoms with Crippen molar-refractivity contribution in [3.63, 3.8) is 0 Å². The second kappa shape index (κ2) is 9.17. The first-order valence-corrected chi connectivity index (χ1v) is 9.79. The van der Waals surface area contributed by atoms with Gasteiger partial charge in [0.25, 0.3) is 0 Å². The first-order valence-electron chi connectivity index (χ1n) is 9.79. The monoisotopic (exact) mass is 403 g/mol. The van der Waals surface area contributed by atoms with Crippen molar-refractivity contribution in [3.8, 4) is 11.3 Å². The van der Waals surface area contributed by atoms with E-state index >= 15 is 0 Å². The molecule has 2 heterocycles. The van der Waals surface area contributed by atoms with Crippen LogP contribution in [0.25, 0.3) is 11.3 Å². The summed E-state index contributed by atoms with van der Waals surface area (Å²) in [5, 5.41) is 9.80. The van der Waals surface area contributed by atoms with E-state index in [-0.39, 0.29) is 25.4 Å². The molecule has 2 aromatic carbocycles. The Morgan fingerprint density at radius 2 is 1.67 bits per heavy atom. The van der Waals surface area contributed by atoms with Crippen LogP contribution in [0.3, 0.4) is 0 Å². The lowest BCUT2D eigenvalue weighted by molar-refractivity contribution is -0.147. The van der Waals surface area contributed by atoms with Crippen LogP contribution in [0.5, 0.6) is 0 Å². The lowest BCUT2D eigenvalue weighted by Crippen LogP contribution is -2.24. The number of hydrazone groups is 1. The molecule has 0 aliphatic carbocycles. The molecule has 152 valence electrons. The van der Waals surface area contributed by atoms with Crippen LogP contribution in [-0.4, -0.2) is 34.3 Å². The van der Waals surface area contributed by atoms with Crippen LogP contribution in [-0.2, 0) is 20.9 Å². The van der Waals surface area contributed by atoms with Gasteiger partial charge in [-0.15, -0.1) is 0 Å². The summed E-state index contributed by atoms with van der Waals surface area (Å²) < 4.78 is 10.4. The van der Waals surface area contributed by atoms with E-state index in [1.165, 1.54) is 5.01 Å². The van der Waals surface area contributed by atoms with Crippen molar-refractivity contribution in [1.82, 2.24) is 10.2 Å². The smallest absolute Gasteiger partial charge is 0.306 e. The van der Waals surface area contributed by atoms with Crippen molar-refractivity contribution in [2.45, 2.75) is 25.9 Å². The molecule has 0 unspecified atom stereocenters. The van der Waals surface area contributed by atoms with Gasteiger partial charge < -0.3 is 9.26 Å². The Morgan fingerprint density at radius 3 is 2.40 bits per heavy atom. The van der Waals surface area contributed by atoms with E-state index in [0.717, 1.165) is 16.8 Å². The van der Waals surface area contributed by atoms with Crippen molar-refractivity contribution in [2.75, 3.05) is 6.54 Å². The Hall–Kier alpha value is -3.74. The number of hydrogen-bond acceptors (Lipinski definition) is 6. The van der Waals surface area contributed by atoms with E-state index in [4.69, 9.17) is 9.26 Å². The quantitative estimate of drug-likeness (QED) is 0.560. The molecule has 3 aromatic rings. The highest BCUT2D eigenvalue weighted by Crippen LogP contribution is 2.19. The molecular formula is C23H21N3O4. The number of amides is 1. The normalized spacial score (nSPS) is 13.2. The molecule has 7 nitrogen and oxygen atoms in total. The third kappa shape index (κ3) is 4.81. The molecule has 1 aliphatic rings. The Balaban J connectivity index is 1.23. The van der Waals surface area contributed by atoms with Crippen molar-refractivity contribution in [3.05, 3.63) is 78.1 Å². The minimum atomic E-state index is -0.465. The van der Waals surface area contributed by atoms with E-state index in [0.29, 0.717) is 24.4 Å². The molecule has 0 saturated carbocycles. The summed E-state index contributed by atoms with van der Waals surface area (Å²) in [4.78, 5) is 24.4. The molecule has 1 aromatic heterocycles. The highest BCUT2D eigenvalue weighted by atomic mass is 16.5. The van der Waals surface area contributed by atoms with Gasteiger partial charge in [0.1, 0.15) is 5.69 Å². The van der Waals surface area contributed by atoms with Crippen molar-refractivity contribution >= 4 is 17.6 Å². The van der Waals surface area contributed by atoms with Crippen LogP contribution in [0, 0.1) is 0 Å². The average Bonchev–Trinajstić information content (AvgIpc) is 3.47. The fraction of sp³-hybridized carbons (Fsp3) is 0.217. The van der Waals surface area contributed by atoms with Crippen LogP contribution >= 0.6 is 0 Å². The fourth-order valence-corrected chi connectivity index (χ4v) is 3.16. The zero-order valence-corrected chi connectivity index (χ0v) is 16.4. The van der Waals surface area contributed by atoms with Gasteiger partial charge in [-0.25, -0.2) is 5.01 Å². The summed E-state index contributed by atoms with van der Waals surface area (Å²) in [5.41, 5.74) is 3.49. The van der Waals surface area contributed by atoms with Gasteiger partial charge in [0.15, 0.2) is 12.4 Å². The largest absolute Gasteiger partial charge is 0.457 e. The summed E-state index contributed by atoms with van der Waals surface area (Å²) in [6.45, 7) is 0.505. The maximum atomic E-state index is 12.3. The summed E-state index contributed by atoms with van der Waals surface area (Å²) in [5.74, 6) is -0.207. The van der Waals surface area contributed by atoms with Crippen molar-refractivity contribution < 1.29 is 18.8 Å². The Kier molecular flexibility index (Phi) is 5.98. The third-order valence-electron chi connectivity index (χ3n) is 4.74. The maximum absolute atomic E-state index is 12.3. The topological polar surface area (TPSA) is 85.0 Å². The van der Waals surface area contributed by atoms with Gasteiger partial charge >= 0.3 is 5.97 Å². The Labute approximate surface area is 173 Å². The summed E-state index contributed by atoms with van der Waals surface area (Å²) in [6.07, 6.45) is 0.747. The highest BCUT2D eigenvalue weighted by Gasteiger charge is 2.22. The number of carbonyl (C=O) groups is 2. The minimum Gasteiger partial charge on any atom is -0.457 e. The zero-order valence-electron chi connectivity index (χ0n) is 16.4. The van der Waals surface area contributed by atoms with E-state index in [1.54, 1.807) is 6.07 Å². The van der Waals surface area contributed by atoms with Crippen LogP contribution in [0.1, 0.15) is 30.6 Å². The standard InChI is InChI=1S/C23H21N3O4/c27-22(26-14-13-20(24-26)17-7-3-1-4-8-17)11-12-23(28)29-16-19-15-21(25-30-19)18-9-5-2-6-10-18/h1-10,15H,11-14,16H2. The predicted molar refractivity (Wildman–Crippen MR) is 110 cm³/mol. The van der Waals surface area contributed by atoms with Gasteiger partial charge in [0.2, 0.25) is 5.91 Å². The van der Waals surface area contributed by atoms with Gasteiger partial charge in [-0.2, -0.15) is 5.10 Å². The molecule has 7 heteroatoms. The average molecular weight is 403 g/mol. The summed E-state index contributed by atoms with van der Waals surface area (Å²) >= 11 is 0. The number of carbonyl (C=O) groups excluding carboxylic acids is 2. The SMILES string of the molecule is O=C(CCC(=O)N1CCC(c2ccccc2)=N1)OCc1cc(-c2ccccc2)no1. The summed E-state index contributed by atoms with van der Waals surface area (Å²) in [6, 6.07) is 21.1. The molecule has 0 N–H and O–H groups in total. The van der Waals surface area contributed by atoms with E-state index in [1.807, 2.05) is 60.7 Å². The molecule has 0 bridgehead atoms. The van der Waals surface area contributed by atoms with Gasteiger partial charge in [-0.05, 0) is 5.56 Å². The molecule has 0 radical (unpaired) electrons. The van der Waals surface area contributed by atoms with Gasteiger partial charge in [-0.1, -0.05) is 65.8 Å². The molecular weight excluding hydrogens is 382 g/mol. The van der Waals surface area contributed by atoms with Crippen LogP contribution in [0.15, 0.2) is 76.4 Å². The van der Waals surface area contributed by atoms with E-state index in [2.05, 4.69) is 10.3 Å². The molecule has 4 rings (SSSR count). The summed E-state index contributed by atoms with van der Waals surface area (Å²) in [7, 11) is 0. The second-order valence-corrected chi connectivity index (χ2v) is 6.88. The fourth-order valence-electron chi connectivity index (χ4n) is 3.16. The Bertz CT molecular complexity index is 1040. The number of benzene rings is 2. The van der Waals surface area contributed by atoms with Gasteiger partial charge in [0.05, 0.1) is 18.7 Å². The molecule has 0 saturated heterocycles. The molecule has 0 atom stereocenters. The minimum absolute atomic E-state index is 0.00873. The van der Waals surface area contributed by atoms with Crippen molar-refractivity contribution in [2.24, 2.45) is 5.10 Å². The zero-order chi connectivity index (χ0) is 20.8. The second-order valence-electron chi connectivity index (χ2n) is 6.88. The van der Waals surface area contributed by atoms with Crippen LogP contribution < -0.4 is 0 Å². The van der Waals surface area contributed by atoms with Gasteiger partial charge in [-0.3, -0.25) is 9.59 Å². The lowest BCUT2D eigenvalue weighted by atomic mass is 10.1. The van der Waals surface area contributed by atoms with Crippen LogP contribution in [0.4, 0.5) is 0 Å². The first-order chi connectivity index (χ1) is 14.7. The number of ether oxygens (including phenoxy) is 1. The van der Waals surface area contributed by atoms with Crippen LogP contribution in [0.2, 0.25) is 0 Å². The first kappa shape index (κ1) is 19.6. The number of nitrogens with zero attached hydrogens (tertiary/aromatic N) is 3. The van der Waals surface area contributed by atoms with Gasteiger partial charge in [0, 0.05) is 24.5 Å². The van der Waals surface area contributed by atoms with E-state index < -0.39 is 5.97 Å². The molecule has 0 spiro atoms. The van der Waals surface area contributed by atoms with Crippen molar-refractivity contribution in [1.29, 1.82) is 0 Å². The highest BCUT2D eigenvalue weighted by molar-refractivity contribution is 6.02. The number of hydrogen-bond donors (Lipinski definition) is 0. The number of aromatic nitrogens is 1. The predicted octanol–water partition coefficient (Wildman–Crippen LogP) is 3.80. The maximum Gasteiger partial charge on any atom is 0.306 e. The molecule has 0 fully saturated rings. The Morgan fingerprint density at radius 1 is 0.967 bits per heavy atom. The number of rotatable bonds is 7. The molecule has 1 amide bonds. The number of esters is 1.